The molecule has 1 atom stereocenters. The first kappa shape index (κ1) is 17.9. The van der Waals surface area contributed by atoms with Crippen LogP contribution in [0, 0.1) is 10.8 Å². The van der Waals surface area contributed by atoms with Gasteiger partial charge in [0.05, 0.1) is 0 Å². The van der Waals surface area contributed by atoms with Crippen LogP contribution >= 0.6 is 0 Å². The molecular formula is C21H31NO. The molecule has 2 aliphatic rings. The monoisotopic (exact) mass is 313 g/mol. The maximum atomic E-state index is 12.2. The van der Waals surface area contributed by atoms with Gasteiger partial charge in [-0.1, -0.05) is 62.8 Å². The number of carbonyl (C=O) groups excluding carboxylic acids is 1. The van der Waals surface area contributed by atoms with Crippen molar-refractivity contribution < 1.29 is 4.79 Å². The molecule has 0 radical (unpaired) electrons. The number of hydrogen-bond donors (Lipinski definition) is 0. The Kier molecular flexibility index (Phi) is 5.46. The summed E-state index contributed by atoms with van der Waals surface area (Å²) in [6, 6.07) is 10.6. The zero-order valence-corrected chi connectivity index (χ0v) is 15.4. The lowest BCUT2D eigenvalue weighted by atomic mass is 9.58. The summed E-state index contributed by atoms with van der Waals surface area (Å²) in [7, 11) is 0. The number of fused-ring (bicyclic) bond motifs is 1. The topological polar surface area (TPSA) is 20.3 Å². The molecule has 1 fully saturated rings. The first-order valence-electron chi connectivity index (χ1n) is 8.92. The average Bonchev–Trinajstić information content (AvgIpc) is 2.54. The first-order valence-corrected chi connectivity index (χ1v) is 8.92. The van der Waals surface area contributed by atoms with E-state index in [1.54, 1.807) is 0 Å². The Hall–Kier alpha value is -1.41. The Morgan fingerprint density at radius 3 is 2.39 bits per heavy atom. The van der Waals surface area contributed by atoms with E-state index in [2.05, 4.69) is 62.1 Å². The number of Topliss-reactive ketones (excluding diaryl/α,β-unsaturated/α-hetero) is 1. The molecule has 3 rings (SSSR count). The van der Waals surface area contributed by atoms with Crippen molar-refractivity contribution in [1.29, 1.82) is 0 Å². The SMILES string of the molecule is CC.CC12CCC(=O)C(C)(C)C1=CCN(Cc1ccccc1)C2. The summed E-state index contributed by atoms with van der Waals surface area (Å²) >= 11 is 0. The fourth-order valence-electron chi connectivity index (χ4n) is 4.15. The van der Waals surface area contributed by atoms with Crippen molar-refractivity contribution in [1.82, 2.24) is 4.90 Å². The Morgan fingerprint density at radius 2 is 1.74 bits per heavy atom. The normalized spacial score (nSPS) is 26.7. The van der Waals surface area contributed by atoms with E-state index in [1.165, 1.54) is 11.1 Å². The zero-order chi connectivity index (χ0) is 17.1. The van der Waals surface area contributed by atoms with Gasteiger partial charge < -0.3 is 0 Å². The van der Waals surface area contributed by atoms with Gasteiger partial charge in [-0.15, -0.1) is 0 Å². The first-order chi connectivity index (χ1) is 10.9. The maximum Gasteiger partial charge on any atom is 0.142 e. The van der Waals surface area contributed by atoms with Crippen molar-refractivity contribution in [2.24, 2.45) is 10.8 Å². The summed E-state index contributed by atoms with van der Waals surface area (Å²) < 4.78 is 0. The van der Waals surface area contributed by atoms with Gasteiger partial charge in [-0.3, -0.25) is 9.69 Å². The average molecular weight is 313 g/mol. The van der Waals surface area contributed by atoms with Gasteiger partial charge in [0.25, 0.3) is 0 Å². The number of hydrogen-bond acceptors (Lipinski definition) is 2. The van der Waals surface area contributed by atoms with Crippen molar-refractivity contribution in [3.05, 3.63) is 47.5 Å². The number of ketones is 1. The minimum Gasteiger partial charge on any atom is -0.299 e. The predicted octanol–water partition coefficient (Wildman–Crippen LogP) is 4.85. The molecule has 1 aromatic carbocycles. The Bertz CT molecular complexity index is 573. The lowest BCUT2D eigenvalue weighted by molar-refractivity contribution is -0.129. The van der Waals surface area contributed by atoms with Crippen LogP contribution in [0.3, 0.4) is 0 Å². The van der Waals surface area contributed by atoms with Gasteiger partial charge in [0.1, 0.15) is 5.78 Å². The standard InChI is InChI=1S/C19H25NO.C2H6/c1-18(2)16-10-12-20(13-15-7-5-4-6-8-15)14-19(16,3)11-9-17(18)21;1-2/h4-8,10H,9,11-14H2,1-3H3;1-2H3. The Balaban J connectivity index is 0.000000924. The Morgan fingerprint density at radius 1 is 1.09 bits per heavy atom. The van der Waals surface area contributed by atoms with Crippen LogP contribution in [0.25, 0.3) is 0 Å². The second-order valence-corrected chi connectivity index (χ2v) is 7.38. The van der Waals surface area contributed by atoms with Crippen LogP contribution < -0.4 is 0 Å². The quantitative estimate of drug-likeness (QED) is 0.727. The van der Waals surface area contributed by atoms with E-state index in [0.29, 0.717) is 5.78 Å². The molecule has 2 nitrogen and oxygen atoms in total. The summed E-state index contributed by atoms with van der Waals surface area (Å²) in [4.78, 5) is 14.7. The van der Waals surface area contributed by atoms with Gasteiger partial charge in [-0.2, -0.15) is 0 Å². The van der Waals surface area contributed by atoms with Crippen molar-refractivity contribution >= 4 is 5.78 Å². The summed E-state index contributed by atoms with van der Waals surface area (Å²) in [5, 5.41) is 0. The van der Waals surface area contributed by atoms with E-state index in [-0.39, 0.29) is 10.8 Å². The summed E-state index contributed by atoms with van der Waals surface area (Å²) in [5.41, 5.74) is 2.62. The van der Waals surface area contributed by atoms with Gasteiger partial charge in [0.2, 0.25) is 0 Å². The molecule has 0 bridgehead atoms. The van der Waals surface area contributed by atoms with Gasteiger partial charge in [-0.25, -0.2) is 0 Å². The van der Waals surface area contributed by atoms with E-state index in [9.17, 15) is 4.79 Å². The highest BCUT2D eigenvalue weighted by Crippen LogP contribution is 2.50. The van der Waals surface area contributed by atoms with Crippen molar-refractivity contribution in [3.8, 4) is 0 Å². The molecule has 0 amide bonds. The summed E-state index contributed by atoms with van der Waals surface area (Å²) in [6.45, 7) is 13.6. The molecule has 1 aromatic rings. The van der Waals surface area contributed by atoms with Crippen LogP contribution in [-0.2, 0) is 11.3 Å². The van der Waals surface area contributed by atoms with E-state index in [1.807, 2.05) is 13.8 Å². The molecule has 0 spiro atoms. The maximum absolute atomic E-state index is 12.2. The predicted molar refractivity (Wildman–Crippen MR) is 97.3 cm³/mol. The largest absolute Gasteiger partial charge is 0.299 e. The molecule has 1 saturated carbocycles. The lowest BCUT2D eigenvalue weighted by Crippen LogP contribution is -2.49. The van der Waals surface area contributed by atoms with Crippen LogP contribution in [-0.4, -0.2) is 23.8 Å². The number of nitrogens with zero attached hydrogens (tertiary/aromatic N) is 1. The molecule has 0 saturated heterocycles. The highest BCUT2D eigenvalue weighted by atomic mass is 16.1. The number of rotatable bonds is 2. The van der Waals surface area contributed by atoms with Crippen LogP contribution in [0.4, 0.5) is 0 Å². The second-order valence-electron chi connectivity index (χ2n) is 7.38. The molecule has 1 aliphatic carbocycles. The molecule has 0 aromatic heterocycles. The molecule has 0 N–H and O–H groups in total. The van der Waals surface area contributed by atoms with Gasteiger partial charge >= 0.3 is 0 Å². The molecule has 1 unspecified atom stereocenters. The third-order valence-electron chi connectivity index (χ3n) is 5.30. The van der Waals surface area contributed by atoms with Crippen molar-refractivity contribution in [2.75, 3.05) is 13.1 Å². The highest BCUT2D eigenvalue weighted by molar-refractivity contribution is 5.89. The number of carbonyl (C=O) groups is 1. The number of benzene rings is 1. The lowest BCUT2D eigenvalue weighted by Gasteiger charge is -2.49. The second kappa shape index (κ2) is 7.00. The van der Waals surface area contributed by atoms with Gasteiger partial charge in [-0.05, 0) is 25.8 Å². The molecule has 126 valence electrons. The van der Waals surface area contributed by atoms with E-state index >= 15 is 0 Å². The highest BCUT2D eigenvalue weighted by Gasteiger charge is 2.48. The van der Waals surface area contributed by atoms with Crippen LogP contribution in [0.1, 0.15) is 53.0 Å². The van der Waals surface area contributed by atoms with Gasteiger partial charge in [0.15, 0.2) is 0 Å². The van der Waals surface area contributed by atoms with Crippen LogP contribution in [0.15, 0.2) is 42.0 Å². The molecule has 1 heterocycles. The summed E-state index contributed by atoms with van der Waals surface area (Å²) in [6.07, 6.45) is 4.04. The van der Waals surface area contributed by atoms with Crippen molar-refractivity contribution in [2.45, 2.75) is 54.0 Å². The fraction of sp³-hybridized carbons (Fsp3) is 0.571. The molecule has 23 heavy (non-hydrogen) atoms. The zero-order valence-electron chi connectivity index (χ0n) is 15.4. The third-order valence-corrected chi connectivity index (χ3v) is 5.30. The van der Waals surface area contributed by atoms with Gasteiger partial charge in [0, 0.05) is 36.9 Å². The fourth-order valence-corrected chi connectivity index (χ4v) is 4.15. The molecule has 2 heteroatoms. The Labute approximate surface area is 141 Å². The minimum absolute atomic E-state index is 0.157. The van der Waals surface area contributed by atoms with E-state index < -0.39 is 0 Å². The van der Waals surface area contributed by atoms with Crippen molar-refractivity contribution in [3.63, 3.8) is 0 Å². The summed E-state index contributed by atoms with van der Waals surface area (Å²) in [5.74, 6) is 0.405. The van der Waals surface area contributed by atoms with E-state index in [0.717, 1.165) is 32.5 Å². The van der Waals surface area contributed by atoms with Crippen LogP contribution in [0.2, 0.25) is 0 Å². The minimum atomic E-state index is -0.272. The van der Waals surface area contributed by atoms with Crippen LogP contribution in [0.5, 0.6) is 0 Å². The molecular weight excluding hydrogens is 282 g/mol. The van der Waals surface area contributed by atoms with E-state index in [4.69, 9.17) is 0 Å². The molecule has 1 aliphatic heterocycles. The smallest absolute Gasteiger partial charge is 0.142 e. The third kappa shape index (κ3) is 3.58.